The molecule has 3 rings (SSSR count). The monoisotopic (exact) mass is 360 g/mol. The first-order chi connectivity index (χ1) is 11.9. The van der Waals surface area contributed by atoms with Gasteiger partial charge in [-0.3, -0.25) is 4.79 Å². The van der Waals surface area contributed by atoms with Gasteiger partial charge in [-0.25, -0.2) is 4.39 Å². The molecule has 25 heavy (non-hydrogen) atoms. The van der Waals surface area contributed by atoms with E-state index in [-0.39, 0.29) is 17.3 Å². The summed E-state index contributed by atoms with van der Waals surface area (Å²) < 4.78 is 29.0. The largest absolute Gasteiger partial charge is 0.593 e. The Hall–Kier alpha value is -1.89. The number of carbonyl (C=O) groups is 1. The van der Waals surface area contributed by atoms with E-state index in [1.54, 1.807) is 37.3 Å². The molecule has 132 valence electrons. The van der Waals surface area contributed by atoms with Crippen molar-refractivity contribution in [1.82, 2.24) is 4.72 Å². The second-order valence-corrected chi connectivity index (χ2v) is 7.66. The van der Waals surface area contributed by atoms with Crippen molar-refractivity contribution >= 4 is 23.0 Å². The summed E-state index contributed by atoms with van der Waals surface area (Å²) in [4.78, 5) is 13.0. The average Bonchev–Trinajstić information content (AvgIpc) is 3.38. The predicted molar refractivity (Wildman–Crippen MR) is 97.3 cm³/mol. The van der Waals surface area contributed by atoms with Crippen LogP contribution in [0.15, 0.2) is 47.4 Å². The van der Waals surface area contributed by atoms with Crippen LogP contribution in [0.25, 0.3) is 0 Å². The zero-order chi connectivity index (χ0) is 18.0. The second kappa shape index (κ2) is 7.15. The Bertz CT molecular complexity index is 793. The number of benzene rings is 2. The molecule has 1 unspecified atom stereocenters. The minimum atomic E-state index is -1.35. The maximum absolute atomic E-state index is 13.3. The topological polar surface area (TPSA) is 64.2 Å². The summed E-state index contributed by atoms with van der Waals surface area (Å²) in [5.41, 5.74) is 1.38. The standard InChI is InChI=1S/C19H21FN2O2S/c1-3-19(9-10-19)22-25(24)16-6-4-5-14(12-16)18(23)21-15-7-8-17(20)13(2)11-15/h4-8,11-12,22H,3,9-10H2,1-2H3,(H,21,23). The van der Waals surface area contributed by atoms with Crippen LogP contribution in [0.5, 0.6) is 0 Å². The Labute approximate surface area is 150 Å². The van der Waals surface area contributed by atoms with Gasteiger partial charge in [-0.05, 0) is 62.1 Å². The van der Waals surface area contributed by atoms with Crippen LogP contribution in [0, 0.1) is 12.7 Å². The number of nitrogens with one attached hydrogen (secondary N) is 2. The fourth-order valence-electron chi connectivity index (χ4n) is 2.61. The molecule has 0 spiro atoms. The molecule has 4 nitrogen and oxygen atoms in total. The highest BCUT2D eigenvalue weighted by Gasteiger charge is 2.45. The molecule has 2 aromatic rings. The molecule has 0 bridgehead atoms. The van der Waals surface area contributed by atoms with Crippen LogP contribution in [-0.4, -0.2) is 16.0 Å². The first-order valence-electron chi connectivity index (χ1n) is 8.30. The van der Waals surface area contributed by atoms with Gasteiger partial charge in [-0.2, -0.15) is 0 Å². The van der Waals surface area contributed by atoms with E-state index in [4.69, 9.17) is 0 Å². The van der Waals surface area contributed by atoms with E-state index in [0.717, 1.165) is 19.3 Å². The average molecular weight is 360 g/mol. The number of rotatable bonds is 6. The van der Waals surface area contributed by atoms with E-state index in [9.17, 15) is 13.7 Å². The maximum atomic E-state index is 13.3. The van der Waals surface area contributed by atoms with Crippen molar-refractivity contribution < 1.29 is 13.7 Å². The van der Waals surface area contributed by atoms with E-state index >= 15 is 0 Å². The number of hydrogen-bond acceptors (Lipinski definition) is 3. The third-order valence-electron chi connectivity index (χ3n) is 4.57. The smallest absolute Gasteiger partial charge is 0.255 e. The van der Waals surface area contributed by atoms with Gasteiger partial charge in [0, 0.05) is 17.3 Å². The molecule has 0 heterocycles. The summed E-state index contributed by atoms with van der Waals surface area (Å²) in [7, 11) is 0. The van der Waals surface area contributed by atoms with Gasteiger partial charge in [0.2, 0.25) is 0 Å². The van der Waals surface area contributed by atoms with Crippen LogP contribution in [0.2, 0.25) is 0 Å². The normalized spacial score (nSPS) is 16.3. The van der Waals surface area contributed by atoms with Crippen molar-refractivity contribution in [3.8, 4) is 0 Å². The van der Waals surface area contributed by atoms with Crippen molar-refractivity contribution in [1.29, 1.82) is 0 Å². The zero-order valence-corrected chi connectivity index (χ0v) is 15.1. The highest BCUT2D eigenvalue weighted by Crippen LogP contribution is 2.39. The lowest BCUT2D eigenvalue weighted by molar-refractivity contribution is 0.102. The minimum Gasteiger partial charge on any atom is -0.593 e. The first-order valence-corrected chi connectivity index (χ1v) is 9.45. The molecule has 2 N–H and O–H groups in total. The Kier molecular flexibility index (Phi) is 5.13. The summed E-state index contributed by atoms with van der Waals surface area (Å²) in [5.74, 6) is -0.632. The molecule has 6 heteroatoms. The maximum Gasteiger partial charge on any atom is 0.255 e. The summed E-state index contributed by atoms with van der Waals surface area (Å²) >= 11 is -1.35. The summed E-state index contributed by atoms with van der Waals surface area (Å²) in [6.07, 6.45) is 2.99. The van der Waals surface area contributed by atoms with Gasteiger partial charge >= 0.3 is 0 Å². The van der Waals surface area contributed by atoms with Gasteiger partial charge in [0.05, 0.1) is 16.9 Å². The van der Waals surface area contributed by atoms with Crippen molar-refractivity contribution in [3.63, 3.8) is 0 Å². The van der Waals surface area contributed by atoms with Crippen LogP contribution in [0.3, 0.4) is 0 Å². The third kappa shape index (κ3) is 4.21. The highest BCUT2D eigenvalue weighted by molar-refractivity contribution is 7.89. The fraction of sp³-hybridized carbons (Fsp3) is 0.316. The molecule has 1 saturated carbocycles. The van der Waals surface area contributed by atoms with Crippen LogP contribution in [0.4, 0.5) is 10.1 Å². The molecule has 1 fully saturated rings. The second-order valence-electron chi connectivity index (χ2n) is 6.45. The molecule has 1 amide bonds. The Morgan fingerprint density at radius 3 is 2.68 bits per heavy atom. The van der Waals surface area contributed by atoms with Crippen LogP contribution < -0.4 is 10.0 Å². The summed E-state index contributed by atoms with van der Waals surface area (Å²) in [6, 6.07) is 11.2. The molecule has 1 aliphatic rings. The molecule has 1 atom stereocenters. The van der Waals surface area contributed by atoms with Crippen molar-refractivity contribution in [3.05, 3.63) is 59.4 Å². The van der Waals surface area contributed by atoms with E-state index in [2.05, 4.69) is 17.0 Å². The van der Waals surface area contributed by atoms with Crippen molar-refractivity contribution in [2.75, 3.05) is 5.32 Å². The lowest BCUT2D eigenvalue weighted by Crippen LogP contribution is -2.36. The molecule has 1 aliphatic carbocycles. The number of anilines is 1. The summed E-state index contributed by atoms with van der Waals surface area (Å²) in [5, 5.41) is 2.74. The van der Waals surface area contributed by atoms with Gasteiger partial charge < -0.3 is 9.87 Å². The lowest BCUT2D eigenvalue weighted by Gasteiger charge is -2.17. The van der Waals surface area contributed by atoms with Crippen LogP contribution >= 0.6 is 0 Å². The van der Waals surface area contributed by atoms with Gasteiger partial charge in [-0.15, -0.1) is 4.72 Å². The molecular formula is C19H21FN2O2S. The lowest BCUT2D eigenvalue weighted by atomic mass is 10.2. The molecule has 0 radical (unpaired) electrons. The fourth-order valence-corrected chi connectivity index (χ4v) is 3.91. The Balaban J connectivity index is 1.71. The Morgan fingerprint density at radius 2 is 2.04 bits per heavy atom. The van der Waals surface area contributed by atoms with E-state index in [0.29, 0.717) is 21.7 Å². The summed E-state index contributed by atoms with van der Waals surface area (Å²) in [6.45, 7) is 3.72. The van der Waals surface area contributed by atoms with Crippen molar-refractivity contribution in [2.24, 2.45) is 0 Å². The predicted octanol–water partition coefficient (Wildman–Crippen LogP) is 3.94. The third-order valence-corrected chi connectivity index (χ3v) is 5.87. The molecular weight excluding hydrogens is 339 g/mol. The molecule has 2 aromatic carbocycles. The van der Waals surface area contributed by atoms with E-state index in [1.807, 2.05) is 0 Å². The number of halogens is 1. The van der Waals surface area contributed by atoms with Gasteiger partial charge in [-0.1, -0.05) is 13.0 Å². The molecule has 0 aromatic heterocycles. The molecule has 0 aliphatic heterocycles. The van der Waals surface area contributed by atoms with Crippen LogP contribution in [-0.2, 0) is 11.4 Å². The SMILES string of the molecule is CCC1(N[S+]([O-])c2cccc(C(=O)Nc3ccc(F)c(C)c3)c2)CC1. The van der Waals surface area contributed by atoms with Gasteiger partial charge in [0.15, 0.2) is 4.90 Å². The highest BCUT2D eigenvalue weighted by atomic mass is 32.2. The molecule has 0 saturated heterocycles. The van der Waals surface area contributed by atoms with Gasteiger partial charge in [0.1, 0.15) is 5.82 Å². The number of hydrogen-bond donors (Lipinski definition) is 2. The van der Waals surface area contributed by atoms with Gasteiger partial charge in [0.25, 0.3) is 5.91 Å². The minimum absolute atomic E-state index is 0.0191. The number of aryl methyl sites for hydroxylation is 1. The van der Waals surface area contributed by atoms with Crippen LogP contribution in [0.1, 0.15) is 42.1 Å². The van der Waals surface area contributed by atoms with Crippen molar-refractivity contribution in [2.45, 2.75) is 43.5 Å². The van der Waals surface area contributed by atoms with E-state index < -0.39 is 11.4 Å². The first kappa shape index (κ1) is 17.9. The quantitative estimate of drug-likeness (QED) is 0.767. The Morgan fingerprint density at radius 1 is 1.28 bits per heavy atom. The van der Waals surface area contributed by atoms with E-state index in [1.165, 1.54) is 12.1 Å². The number of amides is 1. The number of carbonyl (C=O) groups excluding carboxylic acids is 1. The zero-order valence-electron chi connectivity index (χ0n) is 14.3.